The lowest BCUT2D eigenvalue weighted by atomic mass is 10.1. The number of rotatable bonds is 7. The summed E-state index contributed by atoms with van der Waals surface area (Å²) < 4.78 is 11.5. The largest absolute Gasteiger partial charge is 0.376 e. The Morgan fingerprint density at radius 2 is 1.87 bits per heavy atom. The molecular formula is C23H30N4O4. The highest BCUT2D eigenvalue weighted by Gasteiger charge is 2.27. The highest BCUT2D eigenvalue weighted by atomic mass is 16.5. The van der Waals surface area contributed by atoms with Crippen molar-refractivity contribution in [1.29, 1.82) is 0 Å². The summed E-state index contributed by atoms with van der Waals surface area (Å²) in [6.45, 7) is 4.57. The molecule has 31 heavy (non-hydrogen) atoms. The number of H-pyrrole nitrogens is 1. The Bertz CT molecular complexity index is 931. The van der Waals surface area contributed by atoms with Gasteiger partial charge in [0, 0.05) is 49.3 Å². The predicted molar refractivity (Wildman–Crippen MR) is 118 cm³/mol. The van der Waals surface area contributed by atoms with Gasteiger partial charge in [-0.3, -0.25) is 4.79 Å². The van der Waals surface area contributed by atoms with E-state index in [1.807, 2.05) is 31.2 Å². The molecule has 3 heterocycles. The molecule has 2 aliphatic rings. The van der Waals surface area contributed by atoms with E-state index in [9.17, 15) is 9.59 Å². The van der Waals surface area contributed by atoms with E-state index in [2.05, 4.69) is 15.3 Å². The maximum absolute atomic E-state index is 13.1. The zero-order valence-electron chi connectivity index (χ0n) is 17.9. The number of carbonyl (C=O) groups excluding carboxylic acids is 1. The van der Waals surface area contributed by atoms with E-state index in [0.717, 1.165) is 50.2 Å². The lowest BCUT2D eigenvalue weighted by Crippen LogP contribution is -2.44. The molecule has 2 aromatic rings. The molecule has 0 bridgehead atoms. The van der Waals surface area contributed by atoms with Gasteiger partial charge in [0.2, 0.25) is 0 Å². The van der Waals surface area contributed by atoms with Gasteiger partial charge in [0.25, 0.3) is 5.56 Å². The summed E-state index contributed by atoms with van der Waals surface area (Å²) >= 11 is 0. The van der Waals surface area contributed by atoms with Crippen molar-refractivity contribution in [2.45, 2.75) is 51.2 Å². The molecule has 2 saturated heterocycles. The summed E-state index contributed by atoms with van der Waals surface area (Å²) in [5.74, 6) is 0.496. The second kappa shape index (κ2) is 10.1. The molecule has 1 aromatic heterocycles. The highest BCUT2D eigenvalue weighted by Crippen LogP contribution is 2.21. The Balaban J connectivity index is 1.49. The van der Waals surface area contributed by atoms with Crippen LogP contribution in [0.4, 0.5) is 10.5 Å². The van der Waals surface area contributed by atoms with Crippen molar-refractivity contribution in [3.8, 4) is 11.4 Å². The van der Waals surface area contributed by atoms with Crippen LogP contribution in [0.5, 0.6) is 0 Å². The number of nitrogens with one attached hydrogen (secondary N) is 2. The first-order valence-corrected chi connectivity index (χ1v) is 11.1. The van der Waals surface area contributed by atoms with Gasteiger partial charge in [-0.1, -0.05) is 19.1 Å². The molecule has 166 valence electrons. The van der Waals surface area contributed by atoms with E-state index in [-0.39, 0.29) is 23.8 Å². The lowest BCUT2D eigenvalue weighted by Gasteiger charge is -2.28. The fraction of sp³-hybridized carbons (Fsp3) is 0.522. The van der Waals surface area contributed by atoms with Gasteiger partial charge in [-0.15, -0.1) is 0 Å². The van der Waals surface area contributed by atoms with Crippen LogP contribution < -0.4 is 10.9 Å². The molecule has 4 rings (SSSR count). The van der Waals surface area contributed by atoms with Gasteiger partial charge in [-0.2, -0.15) is 0 Å². The van der Waals surface area contributed by atoms with E-state index >= 15 is 0 Å². The normalized spacial score (nSPS) is 20.7. The molecule has 2 aliphatic heterocycles. The lowest BCUT2D eigenvalue weighted by molar-refractivity contribution is 0.0524. The number of aromatic nitrogens is 2. The molecule has 2 amide bonds. The van der Waals surface area contributed by atoms with Gasteiger partial charge in [0.15, 0.2) is 0 Å². The molecule has 0 radical (unpaired) electrons. The van der Waals surface area contributed by atoms with Crippen molar-refractivity contribution in [2.75, 3.05) is 31.6 Å². The molecule has 0 unspecified atom stereocenters. The van der Waals surface area contributed by atoms with Crippen molar-refractivity contribution in [2.24, 2.45) is 0 Å². The third-order valence-corrected chi connectivity index (χ3v) is 5.73. The molecule has 8 nitrogen and oxygen atoms in total. The number of nitrogens with zero attached hydrogens (tertiary/aromatic N) is 2. The quantitative estimate of drug-likeness (QED) is 0.709. The molecule has 2 atom stereocenters. The SMILES string of the molecule is CCc1cc(=O)[nH]c(-c2cccc(NC(=O)N(C[C@H]3CCCO3)C[C@@H]3CCCO3)c2)n1. The predicted octanol–water partition coefficient (Wildman–Crippen LogP) is 3.19. The van der Waals surface area contributed by atoms with Crippen LogP contribution in [0.15, 0.2) is 35.1 Å². The van der Waals surface area contributed by atoms with Crippen molar-refractivity contribution < 1.29 is 14.3 Å². The van der Waals surface area contributed by atoms with Gasteiger partial charge < -0.3 is 24.7 Å². The summed E-state index contributed by atoms with van der Waals surface area (Å²) in [6, 6.07) is 8.69. The van der Waals surface area contributed by atoms with Crippen LogP contribution in [-0.4, -0.2) is 59.4 Å². The van der Waals surface area contributed by atoms with Crippen LogP contribution >= 0.6 is 0 Å². The Morgan fingerprint density at radius 1 is 1.16 bits per heavy atom. The van der Waals surface area contributed by atoms with Gasteiger partial charge >= 0.3 is 6.03 Å². The van der Waals surface area contributed by atoms with Crippen molar-refractivity contribution in [3.05, 3.63) is 46.4 Å². The van der Waals surface area contributed by atoms with Gasteiger partial charge in [0.1, 0.15) is 5.82 Å². The van der Waals surface area contributed by atoms with E-state index in [0.29, 0.717) is 31.0 Å². The number of benzene rings is 1. The number of carbonyl (C=O) groups is 1. The van der Waals surface area contributed by atoms with E-state index in [4.69, 9.17) is 9.47 Å². The number of aromatic amines is 1. The first-order valence-electron chi connectivity index (χ1n) is 11.1. The number of hydrogen-bond donors (Lipinski definition) is 2. The minimum Gasteiger partial charge on any atom is -0.376 e. The van der Waals surface area contributed by atoms with Crippen molar-refractivity contribution in [1.82, 2.24) is 14.9 Å². The Morgan fingerprint density at radius 3 is 2.48 bits per heavy atom. The minimum absolute atomic E-state index is 0.0737. The number of hydrogen-bond acceptors (Lipinski definition) is 5. The first kappa shape index (κ1) is 21.5. The topological polar surface area (TPSA) is 96.6 Å². The van der Waals surface area contributed by atoms with E-state index < -0.39 is 0 Å². The zero-order chi connectivity index (χ0) is 21.6. The van der Waals surface area contributed by atoms with Crippen molar-refractivity contribution in [3.63, 3.8) is 0 Å². The maximum Gasteiger partial charge on any atom is 0.322 e. The van der Waals surface area contributed by atoms with Crippen LogP contribution in [0.25, 0.3) is 11.4 Å². The summed E-state index contributed by atoms with van der Waals surface area (Å²) in [5, 5.41) is 3.00. The van der Waals surface area contributed by atoms with Crippen LogP contribution in [0.3, 0.4) is 0 Å². The zero-order valence-corrected chi connectivity index (χ0v) is 17.9. The van der Waals surface area contributed by atoms with Gasteiger partial charge in [-0.05, 0) is 44.2 Å². The molecule has 2 fully saturated rings. The van der Waals surface area contributed by atoms with Crippen molar-refractivity contribution >= 4 is 11.7 Å². The average Bonchev–Trinajstić information content (AvgIpc) is 3.47. The fourth-order valence-electron chi connectivity index (χ4n) is 4.08. The minimum atomic E-state index is -0.185. The summed E-state index contributed by atoms with van der Waals surface area (Å²) in [7, 11) is 0. The third kappa shape index (κ3) is 5.71. The summed E-state index contributed by atoms with van der Waals surface area (Å²) in [4.78, 5) is 34.1. The molecule has 0 aliphatic carbocycles. The molecule has 8 heteroatoms. The van der Waals surface area contributed by atoms with E-state index in [1.165, 1.54) is 6.07 Å². The first-order chi connectivity index (χ1) is 15.1. The monoisotopic (exact) mass is 426 g/mol. The van der Waals surface area contributed by atoms with Crippen LogP contribution in [-0.2, 0) is 15.9 Å². The van der Waals surface area contributed by atoms with Gasteiger partial charge in [0.05, 0.1) is 12.2 Å². The number of amides is 2. The second-order valence-corrected chi connectivity index (χ2v) is 8.12. The number of ether oxygens (including phenoxy) is 2. The van der Waals surface area contributed by atoms with Crippen LogP contribution in [0, 0.1) is 0 Å². The summed E-state index contributed by atoms with van der Waals surface area (Å²) in [6.07, 6.45) is 4.83. The molecule has 0 saturated carbocycles. The Labute approximate surface area is 182 Å². The highest BCUT2D eigenvalue weighted by molar-refractivity contribution is 5.90. The Hall–Kier alpha value is -2.71. The van der Waals surface area contributed by atoms with Crippen LogP contribution in [0.1, 0.15) is 38.3 Å². The van der Waals surface area contributed by atoms with Gasteiger partial charge in [-0.25, -0.2) is 9.78 Å². The second-order valence-electron chi connectivity index (χ2n) is 8.12. The smallest absolute Gasteiger partial charge is 0.322 e. The number of urea groups is 1. The molecular weight excluding hydrogens is 396 g/mol. The summed E-state index contributed by atoms with van der Waals surface area (Å²) in [5.41, 5.74) is 1.94. The maximum atomic E-state index is 13.1. The standard InChI is InChI=1S/C23H30N4O4/c1-2-17-13-21(28)26-22(24-17)16-6-3-7-18(12-16)25-23(29)27(14-19-8-4-10-30-19)15-20-9-5-11-31-20/h3,6-7,12-13,19-20H,2,4-5,8-11,14-15H2,1H3,(H,25,29)(H,24,26,28)/t19-,20+. The average molecular weight is 427 g/mol. The Kier molecular flexibility index (Phi) is 6.99. The van der Waals surface area contributed by atoms with E-state index in [1.54, 1.807) is 4.90 Å². The third-order valence-electron chi connectivity index (χ3n) is 5.73. The molecule has 1 aromatic carbocycles. The van der Waals surface area contributed by atoms with Crippen LogP contribution in [0.2, 0.25) is 0 Å². The fourth-order valence-corrected chi connectivity index (χ4v) is 4.08. The number of anilines is 1. The molecule has 2 N–H and O–H groups in total. The molecule has 0 spiro atoms. The number of aryl methyl sites for hydroxylation is 1.